The van der Waals surface area contributed by atoms with Gasteiger partial charge in [-0.3, -0.25) is 9.88 Å². The molecule has 0 radical (unpaired) electrons. The van der Waals surface area contributed by atoms with E-state index >= 15 is 0 Å². The maximum absolute atomic E-state index is 11.5. The first-order valence-electron chi connectivity index (χ1n) is 5.74. The number of carbonyl (C=O) groups excluding carboxylic acids is 1. The molecule has 1 rings (SSSR count). The van der Waals surface area contributed by atoms with Gasteiger partial charge in [0.05, 0.1) is 6.23 Å². The predicted octanol–water partition coefficient (Wildman–Crippen LogP) is -0.279. The fourth-order valence-electron chi connectivity index (χ4n) is 1.50. The summed E-state index contributed by atoms with van der Waals surface area (Å²) in [5, 5.41) is 5.87. The van der Waals surface area contributed by atoms with Crippen molar-refractivity contribution in [3.63, 3.8) is 0 Å². The zero-order valence-corrected chi connectivity index (χ0v) is 10.3. The van der Waals surface area contributed by atoms with Crippen molar-refractivity contribution in [1.82, 2.24) is 20.2 Å². The molecule has 1 atom stereocenters. The Morgan fingerprint density at radius 3 is 3.00 bits per heavy atom. The van der Waals surface area contributed by atoms with Crippen LogP contribution in [0.4, 0.5) is 4.79 Å². The standard InChI is InChI=1S/C10H19BN4O2/c1-12-9(17-11)4-2-3-5-14-10(16)15-7-6-13-8-15/h6-9,12H,2-5,11H2,1H3,(H,14,16). The Bertz CT molecular complexity index is 314. The lowest BCUT2D eigenvalue weighted by Crippen LogP contribution is -2.29. The third-order valence-electron chi connectivity index (χ3n) is 2.51. The topological polar surface area (TPSA) is 68.2 Å². The highest BCUT2D eigenvalue weighted by molar-refractivity contribution is 5.98. The zero-order chi connectivity index (χ0) is 12.5. The molecular weight excluding hydrogens is 219 g/mol. The van der Waals surface area contributed by atoms with Crippen LogP contribution < -0.4 is 10.6 Å². The second kappa shape index (κ2) is 7.86. The minimum absolute atomic E-state index is 0.0966. The van der Waals surface area contributed by atoms with Crippen LogP contribution >= 0.6 is 0 Å². The van der Waals surface area contributed by atoms with Gasteiger partial charge in [0.1, 0.15) is 6.33 Å². The summed E-state index contributed by atoms with van der Waals surface area (Å²) < 4.78 is 6.60. The van der Waals surface area contributed by atoms with Crippen molar-refractivity contribution in [3.05, 3.63) is 18.7 Å². The predicted molar refractivity (Wildman–Crippen MR) is 67.4 cm³/mol. The average Bonchev–Trinajstić information content (AvgIpc) is 2.87. The van der Waals surface area contributed by atoms with E-state index in [1.165, 1.54) is 10.9 Å². The van der Waals surface area contributed by atoms with Crippen molar-refractivity contribution in [2.75, 3.05) is 13.6 Å². The summed E-state index contributed by atoms with van der Waals surface area (Å²) >= 11 is 0. The first kappa shape index (κ1) is 13.7. The molecule has 0 saturated carbocycles. The molecule has 6 nitrogen and oxygen atoms in total. The number of imidazole rings is 1. The van der Waals surface area contributed by atoms with E-state index < -0.39 is 0 Å². The molecule has 1 aromatic heterocycles. The van der Waals surface area contributed by atoms with Gasteiger partial charge >= 0.3 is 6.03 Å². The Hall–Kier alpha value is -1.34. The summed E-state index contributed by atoms with van der Waals surface area (Å²) in [6.45, 7) is 0.664. The molecule has 0 spiro atoms. The molecular formula is C10H19BN4O2. The molecule has 0 fully saturated rings. The van der Waals surface area contributed by atoms with Crippen LogP contribution in [-0.4, -0.2) is 43.5 Å². The Kier molecular flexibility index (Phi) is 6.35. The molecule has 1 aromatic rings. The van der Waals surface area contributed by atoms with Gasteiger partial charge in [-0.15, -0.1) is 0 Å². The second-order valence-electron chi connectivity index (χ2n) is 3.71. The van der Waals surface area contributed by atoms with Crippen molar-refractivity contribution in [3.8, 4) is 0 Å². The highest BCUT2D eigenvalue weighted by Gasteiger charge is 2.04. The van der Waals surface area contributed by atoms with Crippen LogP contribution in [0.1, 0.15) is 19.3 Å². The van der Waals surface area contributed by atoms with E-state index in [4.69, 9.17) is 4.65 Å². The van der Waals surface area contributed by atoms with Crippen LogP contribution in [0.25, 0.3) is 0 Å². The number of unbranched alkanes of at least 4 members (excludes halogenated alkanes) is 1. The molecule has 1 amide bonds. The van der Waals surface area contributed by atoms with Crippen LogP contribution in [0.2, 0.25) is 0 Å². The Morgan fingerprint density at radius 1 is 1.59 bits per heavy atom. The molecule has 0 bridgehead atoms. The van der Waals surface area contributed by atoms with Gasteiger partial charge in [0.25, 0.3) is 8.05 Å². The van der Waals surface area contributed by atoms with Crippen molar-refractivity contribution in [2.24, 2.45) is 0 Å². The minimum atomic E-state index is -0.139. The molecule has 0 aromatic carbocycles. The largest absolute Gasteiger partial charge is 0.430 e. The quantitative estimate of drug-likeness (QED) is 0.389. The lowest BCUT2D eigenvalue weighted by Gasteiger charge is -2.14. The molecule has 0 saturated heterocycles. The van der Waals surface area contributed by atoms with Crippen LogP contribution in [0.5, 0.6) is 0 Å². The molecule has 0 aliphatic rings. The van der Waals surface area contributed by atoms with Crippen molar-refractivity contribution >= 4 is 14.1 Å². The van der Waals surface area contributed by atoms with Gasteiger partial charge in [0.2, 0.25) is 0 Å². The van der Waals surface area contributed by atoms with Gasteiger partial charge in [-0.25, -0.2) is 9.78 Å². The lowest BCUT2D eigenvalue weighted by atomic mass is 10.2. The summed E-state index contributed by atoms with van der Waals surface area (Å²) in [5.41, 5.74) is 0. The van der Waals surface area contributed by atoms with Gasteiger partial charge in [-0.2, -0.15) is 0 Å². The highest BCUT2D eigenvalue weighted by Crippen LogP contribution is 2.00. The number of hydrogen-bond donors (Lipinski definition) is 2. The first-order chi connectivity index (χ1) is 8.27. The first-order valence-corrected chi connectivity index (χ1v) is 5.74. The highest BCUT2D eigenvalue weighted by atomic mass is 16.4. The van der Waals surface area contributed by atoms with Gasteiger partial charge < -0.3 is 9.97 Å². The minimum Gasteiger partial charge on any atom is -0.430 e. The van der Waals surface area contributed by atoms with Crippen molar-refractivity contribution < 1.29 is 9.45 Å². The van der Waals surface area contributed by atoms with E-state index in [-0.39, 0.29) is 12.3 Å². The van der Waals surface area contributed by atoms with E-state index in [0.717, 1.165) is 19.3 Å². The van der Waals surface area contributed by atoms with Gasteiger partial charge in [-0.05, 0) is 26.3 Å². The van der Waals surface area contributed by atoms with E-state index in [0.29, 0.717) is 6.54 Å². The van der Waals surface area contributed by atoms with Gasteiger partial charge in [0.15, 0.2) is 0 Å². The maximum atomic E-state index is 11.5. The Morgan fingerprint density at radius 2 is 2.41 bits per heavy atom. The molecule has 1 unspecified atom stereocenters. The third kappa shape index (κ3) is 5.01. The summed E-state index contributed by atoms with van der Waals surface area (Å²) in [7, 11) is 3.55. The third-order valence-corrected chi connectivity index (χ3v) is 2.51. The number of amides is 1. The molecule has 2 N–H and O–H groups in total. The normalized spacial score (nSPS) is 12.3. The number of nitrogens with one attached hydrogen (secondary N) is 2. The number of aromatic nitrogens is 2. The summed E-state index contributed by atoms with van der Waals surface area (Å²) in [4.78, 5) is 15.3. The van der Waals surface area contributed by atoms with E-state index in [1.54, 1.807) is 20.4 Å². The Balaban J connectivity index is 2.06. The summed E-state index contributed by atoms with van der Waals surface area (Å²) in [6, 6.07) is -0.139. The van der Waals surface area contributed by atoms with Crippen LogP contribution in [0, 0.1) is 0 Å². The summed E-state index contributed by atoms with van der Waals surface area (Å²) in [5.74, 6) is 0. The molecule has 1 heterocycles. The SMILES string of the molecule is BOC(CCCCNC(=O)n1ccnc1)NC. The number of hydrogen-bond acceptors (Lipinski definition) is 4. The summed E-state index contributed by atoms with van der Waals surface area (Å²) in [6.07, 6.45) is 7.66. The second-order valence-corrected chi connectivity index (χ2v) is 3.71. The average molecular weight is 238 g/mol. The molecule has 0 aliphatic carbocycles. The van der Waals surface area contributed by atoms with Crippen LogP contribution in [0.3, 0.4) is 0 Å². The fourth-order valence-corrected chi connectivity index (χ4v) is 1.50. The number of rotatable bonds is 7. The molecule has 17 heavy (non-hydrogen) atoms. The van der Waals surface area contributed by atoms with E-state index in [9.17, 15) is 4.79 Å². The number of carbonyl (C=O) groups is 1. The smallest absolute Gasteiger partial charge is 0.326 e. The van der Waals surface area contributed by atoms with Crippen LogP contribution in [-0.2, 0) is 4.65 Å². The number of nitrogens with zero attached hydrogens (tertiary/aromatic N) is 2. The molecule has 94 valence electrons. The fraction of sp³-hybridized carbons (Fsp3) is 0.600. The monoisotopic (exact) mass is 238 g/mol. The van der Waals surface area contributed by atoms with Crippen molar-refractivity contribution in [2.45, 2.75) is 25.5 Å². The van der Waals surface area contributed by atoms with Crippen LogP contribution in [0.15, 0.2) is 18.7 Å². The molecule has 7 heteroatoms. The van der Waals surface area contributed by atoms with E-state index in [2.05, 4.69) is 15.6 Å². The maximum Gasteiger partial charge on any atom is 0.326 e. The van der Waals surface area contributed by atoms with E-state index in [1.807, 2.05) is 7.05 Å². The Labute approximate surface area is 102 Å². The molecule has 0 aliphatic heterocycles. The van der Waals surface area contributed by atoms with Gasteiger partial charge in [0, 0.05) is 18.9 Å². The van der Waals surface area contributed by atoms with Crippen molar-refractivity contribution in [1.29, 1.82) is 0 Å². The lowest BCUT2D eigenvalue weighted by molar-refractivity contribution is 0.176. The van der Waals surface area contributed by atoms with Gasteiger partial charge in [-0.1, -0.05) is 0 Å². The zero-order valence-electron chi connectivity index (χ0n) is 10.3.